The van der Waals surface area contributed by atoms with Gasteiger partial charge in [0.15, 0.2) is 0 Å². The summed E-state index contributed by atoms with van der Waals surface area (Å²) in [6.07, 6.45) is 0. The Labute approximate surface area is 152 Å². The third kappa shape index (κ3) is 14.5. The van der Waals surface area contributed by atoms with Crippen LogP contribution in [0.2, 0.25) is 0 Å². The topological polar surface area (TPSA) is 118 Å². The highest BCUT2D eigenvalue weighted by atomic mass is 32.2. The molecule has 0 spiro atoms. The zero-order valence-electron chi connectivity index (χ0n) is 15.5. The van der Waals surface area contributed by atoms with Crippen LogP contribution in [0.25, 0.3) is 0 Å². The Hall–Kier alpha value is -0.300. The summed E-state index contributed by atoms with van der Waals surface area (Å²) in [5.74, 6) is -0.587. The lowest BCUT2D eigenvalue weighted by atomic mass is 10.3. The Balaban J connectivity index is 0.000000697. The van der Waals surface area contributed by atoms with Crippen LogP contribution in [-0.2, 0) is 20.2 Å². The van der Waals surface area contributed by atoms with Crippen molar-refractivity contribution in [2.75, 3.05) is 70.4 Å². The molecule has 2 N–H and O–H groups in total. The Kier molecular flexibility index (Phi) is 12.0. The van der Waals surface area contributed by atoms with E-state index in [2.05, 4.69) is 25.7 Å². The molecule has 1 fully saturated rings. The zero-order valence-corrected chi connectivity index (χ0v) is 17.1. The summed E-state index contributed by atoms with van der Waals surface area (Å²) >= 11 is 0. The number of hydrogen-bond donors (Lipinski definition) is 2. The summed E-state index contributed by atoms with van der Waals surface area (Å²) in [6, 6.07) is 0. The van der Waals surface area contributed by atoms with E-state index in [9.17, 15) is 16.8 Å². The standard InChI is InChI=1S/C8H18N2O6S2.C6H15N/c11-17(12,13)7-5-9-1-2-10(4-3-9)6-8-18(14,15)16;1-4-7(5-2)6-3/h1-8H2,(H,11,12,13)(H,14,15,16);4-6H2,1-3H3. The molecular weight excluding hydrogens is 370 g/mol. The molecule has 0 atom stereocenters. The van der Waals surface area contributed by atoms with Gasteiger partial charge in [-0.1, -0.05) is 20.8 Å². The molecule has 11 heteroatoms. The van der Waals surface area contributed by atoms with Crippen molar-refractivity contribution >= 4 is 20.2 Å². The third-order valence-electron chi connectivity index (χ3n) is 4.14. The highest BCUT2D eigenvalue weighted by Crippen LogP contribution is 2.02. The molecule has 1 heterocycles. The van der Waals surface area contributed by atoms with Gasteiger partial charge in [0.05, 0.1) is 11.5 Å². The summed E-state index contributed by atoms with van der Waals surface area (Å²) in [5, 5.41) is 0. The molecule has 0 unspecified atom stereocenters. The fourth-order valence-electron chi connectivity index (χ4n) is 2.40. The molecule has 0 radical (unpaired) electrons. The van der Waals surface area contributed by atoms with Gasteiger partial charge < -0.3 is 4.90 Å². The second-order valence-corrected chi connectivity index (χ2v) is 9.02. The first kappa shape index (κ1) is 24.7. The maximum Gasteiger partial charge on any atom is 0.266 e. The first-order valence-electron chi connectivity index (χ1n) is 8.58. The van der Waals surface area contributed by atoms with Gasteiger partial charge in [-0.15, -0.1) is 0 Å². The molecule has 25 heavy (non-hydrogen) atoms. The minimum atomic E-state index is -3.93. The number of hydrogen-bond acceptors (Lipinski definition) is 7. The monoisotopic (exact) mass is 403 g/mol. The lowest BCUT2D eigenvalue weighted by Gasteiger charge is -2.34. The number of rotatable bonds is 9. The summed E-state index contributed by atoms with van der Waals surface area (Å²) in [6.45, 7) is 13.1. The molecular formula is C14H33N3O6S2. The fourth-order valence-corrected chi connectivity index (χ4v) is 3.37. The van der Waals surface area contributed by atoms with Gasteiger partial charge in [0.2, 0.25) is 0 Å². The van der Waals surface area contributed by atoms with Crippen molar-refractivity contribution in [3.8, 4) is 0 Å². The molecule has 9 nitrogen and oxygen atoms in total. The van der Waals surface area contributed by atoms with Crippen LogP contribution in [0.3, 0.4) is 0 Å². The molecule has 0 aromatic carbocycles. The molecule has 152 valence electrons. The second kappa shape index (κ2) is 12.2. The Bertz CT molecular complexity index is 491. The Morgan fingerprint density at radius 3 is 1.16 bits per heavy atom. The van der Waals surface area contributed by atoms with Gasteiger partial charge in [-0.05, 0) is 19.6 Å². The van der Waals surface area contributed by atoms with Crippen molar-refractivity contribution in [1.82, 2.24) is 14.7 Å². The molecule has 0 bridgehead atoms. The maximum absolute atomic E-state index is 10.6. The molecule has 0 aromatic rings. The van der Waals surface area contributed by atoms with E-state index in [0.29, 0.717) is 26.2 Å². The van der Waals surface area contributed by atoms with Crippen molar-refractivity contribution in [2.45, 2.75) is 20.8 Å². The second-order valence-electron chi connectivity index (χ2n) is 5.87. The molecule has 0 aliphatic carbocycles. The van der Waals surface area contributed by atoms with Crippen LogP contribution in [0, 0.1) is 0 Å². The zero-order chi connectivity index (χ0) is 19.5. The number of piperazine rings is 1. The summed E-state index contributed by atoms with van der Waals surface area (Å²) in [5.41, 5.74) is 0. The van der Waals surface area contributed by atoms with E-state index < -0.39 is 20.2 Å². The lowest BCUT2D eigenvalue weighted by molar-refractivity contribution is 0.143. The van der Waals surface area contributed by atoms with E-state index in [1.165, 1.54) is 19.6 Å². The van der Waals surface area contributed by atoms with Crippen molar-refractivity contribution in [3.63, 3.8) is 0 Å². The van der Waals surface area contributed by atoms with Crippen LogP contribution >= 0.6 is 0 Å². The minimum absolute atomic E-state index is 0.269. The van der Waals surface area contributed by atoms with Crippen LogP contribution in [0.5, 0.6) is 0 Å². The third-order valence-corrected chi connectivity index (χ3v) is 5.53. The molecule has 0 amide bonds. The highest BCUT2D eigenvalue weighted by molar-refractivity contribution is 7.86. The van der Waals surface area contributed by atoms with E-state index in [1.807, 2.05) is 9.80 Å². The average Bonchev–Trinajstić information content (AvgIpc) is 2.53. The van der Waals surface area contributed by atoms with Gasteiger partial charge in [-0.3, -0.25) is 18.9 Å². The van der Waals surface area contributed by atoms with E-state index in [4.69, 9.17) is 9.11 Å². The van der Waals surface area contributed by atoms with E-state index in [0.717, 1.165) is 0 Å². The van der Waals surface area contributed by atoms with Crippen molar-refractivity contribution < 1.29 is 25.9 Å². The Morgan fingerprint density at radius 2 is 1.00 bits per heavy atom. The highest BCUT2D eigenvalue weighted by Gasteiger charge is 2.19. The minimum Gasteiger partial charge on any atom is -0.304 e. The quantitative estimate of drug-likeness (QED) is 0.501. The van der Waals surface area contributed by atoms with Crippen molar-refractivity contribution in [1.29, 1.82) is 0 Å². The van der Waals surface area contributed by atoms with Gasteiger partial charge in [0.1, 0.15) is 0 Å². The van der Waals surface area contributed by atoms with Gasteiger partial charge in [-0.2, -0.15) is 16.8 Å². The van der Waals surface area contributed by atoms with Gasteiger partial charge in [0, 0.05) is 39.3 Å². The normalized spacial score (nSPS) is 17.4. The average molecular weight is 404 g/mol. The lowest BCUT2D eigenvalue weighted by Crippen LogP contribution is -2.48. The summed E-state index contributed by atoms with van der Waals surface area (Å²) in [7, 11) is -7.87. The van der Waals surface area contributed by atoms with Crippen LogP contribution < -0.4 is 0 Å². The van der Waals surface area contributed by atoms with Gasteiger partial charge in [-0.25, -0.2) is 0 Å². The Morgan fingerprint density at radius 1 is 0.720 bits per heavy atom. The molecule has 1 rings (SSSR count). The molecule has 0 aromatic heterocycles. The van der Waals surface area contributed by atoms with Crippen LogP contribution in [0.4, 0.5) is 0 Å². The summed E-state index contributed by atoms with van der Waals surface area (Å²) < 4.78 is 59.5. The largest absolute Gasteiger partial charge is 0.304 e. The van der Waals surface area contributed by atoms with E-state index in [1.54, 1.807) is 0 Å². The van der Waals surface area contributed by atoms with Gasteiger partial charge in [0.25, 0.3) is 20.2 Å². The maximum atomic E-state index is 10.6. The van der Waals surface area contributed by atoms with Crippen LogP contribution in [0.1, 0.15) is 20.8 Å². The van der Waals surface area contributed by atoms with Crippen LogP contribution in [-0.4, -0.2) is 111 Å². The number of nitrogens with zero attached hydrogens (tertiary/aromatic N) is 3. The summed E-state index contributed by atoms with van der Waals surface area (Å²) in [4.78, 5) is 6.15. The SMILES string of the molecule is CCN(CC)CC.O=S(=O)(O)CCN1CCN(CCS(=O)(=O)O)CC1. The smallest absolute Gasteiger partial charge is 0.266 e. The predicted octanol–water partition coefficient (Wildman–Crippen LogP) is -0.272. The molecule has 1 aliphatic rings. The molecule has 1 aliphatic heterocycles. The first-order valence-corrected chi connectivity index (χ1v) is 11.8. The predicted molar refractivity (Wildman–Crippen MR) is 99.2 cm³/mol. The first-order chi connectivity index (χ1) is 11.5. The molecule has 0 saturated carbocycles. The molecule has 1 saturated heterocycles. The van der Waals surface area contributed by atoms with Crippen molar-refractivity contribution in [3.05, 3.63) is 0 Å². The van der Waals surface area contributed by atoms with E-state index >= 15 is 0 Å². The van der Waals surface area contributed by atoms with Crippen LogP contribution in [0.15, 0.2) is 0 Å². The van der Waals surface area contributed by atoms with Gasteiger partial charge >= 0.3 is 0 Å². The fraction of sp³-hybridized carbons (Fsp3) is 1.00. The van der Waals surface area contributed by atoms with Crippen molar-refractivity contribution in [2.24, 2.45) is 0 Å². The van der Waals surface area contributed by atoms with E-state index in [-0.39, 0.29) is 24.6 Å².